The van der Waals surface area contributed by atoms with Gasteiger partial charge < -0.3 is 20.1 Å². The second kappa shape index (κ2) is 6.53. The maximum atomic E-state index is 11.8. The van der Waals surface area contributed by atoms with E-state index in [0.29, 0.717) is 18.4 Å². The summed E-state index contributed by atoms with van der Waals surface area (Å²) in [5, 5.41) is 30.4. The molecule has 3 N–H and O–H groups in total. The summed E-state index contributed by atoms with van der Waals surface area (Å²) in [4.78, 5) is 11.8. The largest absolute Gasteiger partial charge is 0.459 e. The zero-order chi connectivity index (χ0) is 18.4. The summed E-state index contributed by atoms with van der Waals surface area (Å²) in [5.74, 6) is -0.0734. The van der Waals surface area contributed by atoms with Crippen molar-refractivity contribution in [1.29, 1.82) is 0 Å². The first-order valence-corrected chi connectivity index (χ1v) is 9.26. The molecule has 2 unspecified atom stereocenters. The third-order valence-corrected chi connectivity index (χ3v) is 7.23. The lowest BCUT2D eigenvalue weighted by molar-refractivity contribution is -0.151. The quantitative estimate of drug-likeness (QED) is 0.411. The number of carbonyl (C=O) groups excluding carboxylic acids is 1. The highest BCUT2D eigenvalue weighted by molar-refractivity contribution is 5.91. The highest BCUT2D eigenvalue weighted by atomic mass is 16.6. The second-order valence-electron chi connectivity index (χ2n) is 8.54. The molecule has 6 atom stereocenters. The van der Waals surface area contributed by atoms with Crippen LogP contribution in [0.25, 0.3) is 0 Å². The van der Waals surface area contributed by atoms with Crippen LogP contribution in [0.4, 0.5) is 0 Å². The van der Waals surface area contributed by atoms with Gasteiger partial charge in [-0.15, -0.1) is 0 Å². The Bertz CT molecular complexity index is 597. The molecule has 0 aromatic rings. The van der Waals surface area contributed by atoms with Crippen LogP contribution in [0.3, 0.4) is 0 Å². The first-order chi connectivity index (χ1) is 11.7. The van der Waals surface area contributed by atoms with E-state index in [-0.39, 0.29) is 30.5 Å². The topological polar surface area (TPSA) is 87.0 Å². The highest BCUT2D eigenvalue weighted by Gasteiger charge is 2.57. The molecule has 1 aliphatic heterocycles. The van der Waals surface area contributed by atoms with Crippen LogP contribution in [0.15, 0.2) is 23.8 Å². The summed E-state index contributed by atoms with van der Waals surface area (Å²) < 4.78 is 4.90. The van der Waals surface area contributed by atoms with Gasteiger partial charge >= 0.3 is 5.97 Å². The molecule has 0 aromatic heterocycles. The van der Waals surface area contributed by atoms with E-state index in [1.165, 1.54) is 0 Å². The van der Waals surface area contributed by atoms with Crippen LogP contribution in [0, 0.1) is 22.7 Å². The van der Waals surface area contributed by atoms with Gasteiger partial charge in [-0.05, 0) is 49.4 Å². The second-order valence-corrected chi connectivity index (χ2v) is 8.54. The third kappa shape index (κ3) is 2.86. The summed E-state index contributed by atoms with van der Waals surface area (Å²) in [6.45, 7) is 8.50. The highest BCUT2D eigenvalue weighted by Crippen LogP contribution is 2.61. The smallest absolute Gasteiger partial charge is 0.336 e. The van der Waals surface area contributed by atoms with Crippen molar-refractivity contribution in [2.45, 2.75) is 58.2 Å². The van der Waals surface area contributed by atoms with E-state index >= 15 is 0 Å². The molecule has 0 aromatic carbocycles. The maximum absolute atomic E-state index is 11.8. The Morgan fingerprint density at radius 3 is 2.64 bits per heavy atom. The van der Waals surface area contributed by atoms with Gasteiger partial charge in [0, 0.05) is 5.41 Å². The summed E-state index contributed by atoms with van der Waals surface area (Å²) in [6, 6.07) is 0. The van der Waals surface area contributed by atoms with Gasteiger partial charge in [-0.25, -0.2) is 4.79 Å². The molecule has 3 fully saturated rings. The van der Waals surface area contributed by atoms with E-state index in [2.05, 4.69) is 13.5 Å². The number of fused-ring (bicyclic) bond motifs is 1. The predicted octanol–water partition coefficient (Wildman–Crippen LogP) is 1.96. The number of esters is 1. The van der Waals surface area contributed by atoms with E-state index in [4.69, 9.17) is 4.74 Å². The third-order valence-electron chi connectivity index (χ3n) is 7.23. The zero-order valence-electron chi connectivity index (χ0n) is 15.2. The molecule has 0 bridgehead atoms. The Morgan fingerprint density at radius 2 is 2.04 bits per heavy atom. The minimum absolute atomic E-state index is 0.0280. The van der Waals surface area contributed by atoms with Crippen LogP contribution in [0.2, 0.25) is 0 Å². The molecule has 0 radical (unpaired) electrons. The first-order valence-electron chi connectivity index (χ1n) is 9.26. The molecule has 25 heavy (non-hydrogen) atoms. The van der Waals surface area contributed by atoms with Gasteiger partial charge in [0.2, 0.25) is 0 Å². The number of rotatable bonds is 3. The van der Waals surface area contributed by atoms with Gasteiger partial charge in [-0.2, -0.15) is 0 Å². The fourth-order valence-electron chi connectivity index (χ4n) is 5.56. The van der Waals surface area contributed by atoms with Crippen molar-refractivity contribution in [3.05, 3.63) is 23.8 Å². The Morgan fingerprint density at radius 1 is 1.32 bits per heavy atom. The van der Waals surface area contributed by atoms with Crippen LogP contribution >= 0.6 is 0 Å². The number of aliphatic hydroxyl groups is 3. The van der Waals surface area contributed by atoms with Crippen molar-refractivity contribution < 1.29 is 24.9 Å². The van der Waals surface area contributed by atoms with Crippen molar-refractivity contribution in [2.24, 2.45) is 22.7 Å². The summed E-state index contributed by atoms with van der Waals surface area (Å²) in [7, 11) is 0. The van der Waals surface area contributed by atoms with E-state index in [1.807, 2.05) is 13.0 Å². The van der Waals surface area contributed by atoms with Crippen molar-refractivity contribution in [1.82, 2.24) is 0 Å². The standard InChI is InChI=1S/C20H30O5/c1-12-4-7-16-19(2,9-8-17(23)20(16,3)11-21)14(12)6-5-13-15(22)10-25-18(13)24/h5,14-17,21-23H,1,4,6-11H2,2-3H3/b13-5+/t14?,15-,16?,17-,19+,20+/m1/s1. The van der Waals surface area contributed by atoms with Gasteiger partial charge in [0.05, 0.1) is 18.3 Å². The lowest BCUT2D eigenvalue weighted by Gasteiger charge is -2.59. The van der Waals surface area contributed by atoms with Crippen molar-refractivity contribution in [3.63, 3.8) is 0 Å². The minimum atomic E-state index is -0.844. The summed E-state index contributed by atoms with van der Waals surface area (Å²) >= 11 is 0. The van der Waals surface area contributed by atoms with Crippen LogP contribution in [0.5, 0.6) is 0 Å². The molecule has 1 saturated heterocycles. The number of aliphatic hydroxyl groups excluding tert-OH is 3. The maximum Gasteiger partial charge on any atom is 0.336 e. The van der Waals surface area contributed by atoms with Crippen molar-refractivity contribution >= 4 is 5.97 Å². The van der Waals surface area contributed by atoms with Gasteiger partial charge in [0.15, 0.2) is 0 Å². The Labute approximate surface area is 149 Å². The molecule has 0 spiro atoms. The molecule has 3 rings (SSSR count). The first kappa shape index (κ1) is 18.6. The van der Waals surface area contributed by atoms with Crippen LogP contribution in [-0.4, -0.2) is 46.7 Å². The van der Waals surface area contributed by atoms with E-state index < -0.39 is 23.6 Å². The monoisotopic (exact) mass is 350 g/mol. The Balaban J connectivity index is 1.89. The van der Waals surface area contributed by atoms with Crippen LogP contribution < -0.4 is 0 Å². The summed E-state index contributed by atoms with van der Waals surface area (Å²) in [6.07, 6.45) is 4.42. The van der Waals surface area contributed by atoms with Crippen LogP contribution in [0.1, 0.15) is 46.0 Å². The van der Waals surface area contributed by atoms with Crippen molar-refractivity contribution in [2.75, 3.05) is 13.2 Å². The van der Waals surface area contributed by atoms with Gasteiger partial charge in [0.1, 0.15) is 12.7 Å². The minimum Gasteiger partial charge on any atom is -0.459 e. The van der Waals surface area contributed by atoms with Crippen LogP contribution in [-0.2, 0) is 9.53 Å². The van der Waals surface area contributed by atoms with E-state index in [1.54, 1.807) is 0 Å². The molecular weight excluding hydrogens is 320 g/mol. The molecule has 3 aliphatic rings. The number of cyclic esters (lactones) is 1. The van der Waals surface area contributed by atoms with Gasteiger partial charge in [-0.1, -0.05) is 32.1 Å². The average molecular weight is 350 g/mol. The zero-order valence-corrected chi connectivity index (χ0v) is 15.2. The van der Waals surface area contributed by atoms with Gasteiger partial charge in [-0.3, -0.25) is 0 Å². The fraction of sp³-hybridized carbons (Fsp3) is 0.750. The normalized spacial score (nSPS) is 46.2. The number of ether oxygens (including phenoxy) is 1. The number of carbonyl (C=O) groups is 1. The lowest BCUT2D eigenvalue weighted by atomic mass is 9.46. The van der Waals surface area contributed by atoms with Gasteiger partial charge in [0.25, 0.3) is 0 Å². The van der Waals surface area contributed by atoms with Crippen molar-refractivity contribution in [3.8, 4) is 0 Å². The van der Waals surface area contributed by atoms with E-state index in [0.717, 1.165) is 24.8 Å². The Kier molecular flexibility index (Phi) is 4.86. The number of allylic oxidation sites excluding steroid dienone is 2. The average Bonchev–Trinajstić information content (AvgIpc) is 2.89. The molecule has 2 aliphatic carbocycles. The molecular formula is C20H30O5. The summed E-state index contributed by atoms with van der Waals surface area (Å²) in [5.41, 5.74) is 0.911. The number of hydrogen-bond donors (Lipinski definition) is 3. The predicted molar refractivity (Wildman–Crippen MR) is 93.6 cm³/mol. The SMILES string of the molecule is C=C1CCC2[C@@](C)(CC[C@@H](O)[C@@]2(C)CO)C1C/C=C1/C(=O)OC[C@H]1O. The van der Waals surface area contributed by atoms with E-state index in [9.17, 15) is 20.1 Å². The molecule has 5 nitrogen and oxygen atoms in total. The molecule has 5 heteroatoms. The number of hydrogen-bond acceptors (Lipinski definition) is 5. The molecule has 1 heterocycles. The molecule has 2 saturated carbocycles. The molecule has 0 amide bonds. The lowest BCUT2D eigenvalue weighted by Crippen LogP contribution is -2.57. The Hall–Kier alpha value is -1.17. The molecule has 140 valence electrons. The fourth-order valence-corrected chi connectivity index (χ4v) is 5.56.